The van der Waals surface area contributed by atoms with Crippen molar-refractivity contribution in [3.8, 4) is 28.4 Å². The molecule has 15 aromatic rings. The van der Waals surface area contributed by atoms with Crippen LogP contribution < -0.4 is 36.1 Å². The van der Waals surface area contributed by atoms with E-state index in [1.807, 2.05) is 127 Å². The molecule has 111 heavy (non-hydrogen) atoms. The van der Waals surface area contributed by atoms with Crippen LogP contribution in [0.1, 0.15) is 87.5 Å². The van der Waals surface area contributed by atoms with Crippen LogP contribution in [0.5, 0.6) is 17.2 Å². The number of benzene rings is 7. The van der Waals surface area contributed by atoms with Gasteiger partial charge in [-0.1, -0.05) is 140 Å². The van der Waals surface area contributed by atoms with Gasteiger partial charge in [0.1, 0.15) is 43.9 Å². The number of hydrogen-bond donors (Lipinski definition) is 9. The molecule has 0 amide bonds. The van der Waals surface area contributed by atoms with Crippen molar-refractivity contribution in [3.05, 3.63) is 244 Å². The third-order valence-corrected chi connectivity index (χ3v) is 16.0. The van der Waals surface area contributed by atoms with Crippen molar-refractivity contribution in [2.75, 3.05) is 34.9 Å². The van der Waals surface area contributed by atoms with E-state index in [1.165, 1.54) is 30.4 Å². The number of hydrogen-bond acceptors (Lipinski definition) is 35. The average molecular weight is 1510 g/mol. The van der Waals surface area contributed by atoms with E-state index in [0.29, 0.717) is 62.1 Å². The van der Waals surface area contributed by atoms with Gasteiger partial charge in [-0.3, -0.25) is 0 Å². The molecular weight excluding hydrogens is 1450 g/mol. The summed E-state index contributed by atoms with van der Waals surface area (Å²) in [4.78, 5) is 44.1. The highest BCUT2D eigenvalue weighted by atomic mass is 16.6. The first kappa shape index (κ1) is 75.0. The van der Waals surface area contributed by atoms with E-state index < -0.39 is 23.9 Å². The van der Waals surface area contributed by atoms with Gasteiger partial charge in [0.25, 0.3) is 0 Å². The minimum absolute atomic E-state index is 0.00126. The van der Waals surface area contributed by atoms with Crippen molar-refractivity contribution >= 4 is 57.9 Å². The molecule has 15 rings (SSSR count). The summed E-state index contributed by atoms with van der Waals surface area (Å²) in [5, 5.41) is 127. The second-order valence-corrected chi connectivity index (χ2v) is 23.2. The molecule has 0 aliphatic carbocycles. The third kappa shape index (κ3) is 20.6. The van der Waals surface area contributed by atoms with Crippen molar-refractivity contribution < 1.29 is 67.6 Å². The van der Waals surface area contributed by atoms with Crippen LogP contribution in [0.25, 0.3) is 21.9 Å². The summed E-state index contributed by atoms with van der Waals surface area (Å²) in [5.74, 6) is -0.0781. The van der Waals surface area contributed by atoms with Gasteiger partial charge < -0.3 is 56.5 Å². The normalized spacial score (nSPS) is 10.7. The predicted molar refractivity (Wildman–Crippen MR) is 381 cm³/mol. The molecule has 0 unspecified atom stereocenters. The maximum atomic E-state index is 11.0. The molecule has 0 saturated heterocycles. The Kier molecular flexibility index (Phi) is 25.2. The van der Waals surface area contributed by atoms with Crippen LogP contribution in [0.4, 0.5) is 23.3 Å². The molecule has 43 nitrogen and oxygen atoms in total. The highest BCUT2D eigenvalue weighted by Crippen LogP contribution is 2.25. The number of methoxy groups -OCH3 is 1. The van der Waals surface area contributed by atoms with Crippen LogP contribution in [0.3, 0.4) is 0 Å². The average Bonchev–Trinajstić information content (AvgIpc) is 1.72. The van der Waals surface area contributed by atoms with Gasteiger partial charge in [-0.2, -0.15) is 0 Å². The first-order valence-electron chi connectivity index (χ1n) is 33.2. The van der Waals surface area contributed by atoms with Gasteiger partial charge in [0.15, 0.2) is 23.3 Å². The van der Waals surface area contributed by atoms with Crippen molar-refractivity contribution in [2.24, 2.45) is 0 Å². The molecule has 7 aromatic carbocycles. The molecule has 0 atom stereocenters. The number of anilines is 4. The van der Waals surface area contributed by atoms with Gasteiger partial charge in [-0.25, -0.2) is 56.4 Å². The van der Waals surface area contributed by atoms with Crippen molar-refractivity contribution in [2.45, 2.75) is 65.3 Å². The maximum Gasteiger partial charge on any atom is 0.362 e. The molecule has 9 N–H and O–H groups in total. The highest BCUT2D eigenvalue weighted by molar-refractivity contribution is 5.92. The second-order valence-electron chi connectivity index (χ2n) is 23.2. The van der Waals surface area contributed by atoms with Crippen LogP contribution in [-0.2, 0) is 65.3 Å². The van der Waals surface area contributed by atoms with Crippen molar-refractivity contribution in [1.29, 1.82) is 0 Å². The quantitative estimate of drug-likeness (QED) is 0.0211. The minimum Gasteiger partial charge on any atom is -0.497 e. The number of ether oxygens (including phenoxy) is 2. The molecule has 8 aromatic heterocycles. The lowest BCUT2D eigenvalue weighted by Crippen LogP contribution is -2.20. The molecule has 0 spiro atoms. The summed E-state index contributed by atoms with van der Waals surface area (Å²) in [6.07, 6.45) is 2.99. The fourth-order valence-electron chi connectivity index (χ4n) is 10.4. The van der Waals surface area contributed by atoms with Crippen molar-refractivity contribution in [1.82, 2.24) is 127 Å². The van der Waals surface area contributed by atoms with Gasteiger partial charge in [-0.05, 0) is 170 Å². The Morgan fingerprint density at radius 3 is 1.23 bits per heavy atom. The molecule has 0 aliphatic rings. The summed E-state index contributed by atoms with van der Waals surface area (Å²) in [6, 6.07) is 57.6. The van der Waals surface area contributed by atoms with E-state index in [1.54, 1.807) is 11.8 Å². The Morgan fingerprint density at radius 1 is 0.378 bits per heavy atom. The summed E-state index contributed by atoms with van der Waals surface area (Å²) in [7, 11) is 1.63. The molecule has 0 aliphatic heterocycles. The minimum atomic E-state index is -1.25. The van der Waals surface area contributed by atoms with Gasteiger partial charge in [-0.15, -0.1) is 20.4 Å². The lowest BCUT2D eigenvalue weighted by Gasteiger charge is -2.08. The SMILES string of the molecule is COc1ccc(CNCCc2nnnn2CNc2nonc2C(=O)O)cc1.O=C(O)c1nonc1NCn1nnnc1CCc1cccc2ccccc12.O=C(O)c1nonc1NCn1nnnc1Cc1ccc(-c2ccccc2)cc1.O=C(O)c1nonc1NCn1nnnc1Cc1ccc(Oc2ccccc2)cc1. The van der Waals surface area contributed by atoms with E-state index >= 15 is 0 Å². The third-order valence-electron chi connectivity index (χ3n) is 16.0. The summed E-state index contributed by atoms with van der Waals surface area (Å²) in [6.45, 7) is 1.88. The number of aromatic nitrogens is 24. The molecule has 0 bridgehead atoms. The molecule has 0 radical (unpaired) electrons. The number of nitrogens with one attached hydrogen (secondary N) is 5. The zero-order chi connectivity index (χ0) is 77.1. The zero-order valence-corrected chi connectivity index (χ0v) is 58.1. The van der Waals surface area contributed by atoms with Gasteiger partial charge in [0.05, 0.1) is 7.11 Å². The standard InChI is InChI=1S/C18H15N7O4.C18H15N7O3.C17H15N7O3.C15H18N8O4/c26-18(27)16-17(22-29-21-16)19-11-25-15(20-23-24-25)10-12-6-8-14(9-7-12)28-13-4-2-1-3-5-13;26-18(27)16-17(22-28-21-16)19-11-25-15(20-23-24-25)10-12-6-8-14(9-7-12)13-4-2-1-3-5-13;25-17(26)15-16(21-27-20-15)18-10-24-14(19-22-23-24)9-8-12-6-3-5-11-4-1-2-7-13(11)12;1-26-11-4-2-10(3-5-11)8-16-7-6-12-18-21-22-23(12)9-17-14-13(15(24)25)19-27-20-14/h1-9H,10-11H2,(H,19,22)(H,26,27);1-9H,10-11H2,(H,19,22)(H,26,27);1-7H,8-10H2,(H,18,21)(H,25,26);2-5,16H,6-9H2,1H3,(H,17,20)(H,24,25). The number of carbonyl (C=O) groups is 4. The molecule has 43 heteroatoms. The smallest absolute Gasteiger partial charge is 0.362 e. The Labute approximate surface area is 623 Å². The number of para-hydroxylation sites is 1. The van der Waals surface area contributed by atoms with E-state index in [0.717, 1.165) is 51.5 Å². The Morgan fingerprint density at radius 2 is 0.757 bits per heavy atom. The number of aromatic carboxylic acids is 4. The monoisotopic (exact) mass is 1510 g/mol. The molecule has 0 saturated carbocycles. The van der Waals surface area contributed by atoms with Crippen LogP contribution in [0.2, 0.25) is 0 Å². The molecule has 8 heterocycles. The Hall–Kier alpha value is -15.7. The van der Waals surface area contributed by atoms with Crippen LogP contribution in [0.15, 0.2) is 194 Å². The van der Waals surface area contributed by atoms with E-state index in [2.05, 4.69) is 197 Å². The number of carboxylic acids is 4. The lowest BCUT2D eigenvalue weighted by molar-refractivity contribution is 0.0674. The number of fused-ring (bicyclic) bond motifs is 1. The van der Waals surface area contributed by atoms with Gasteiger partial charge in [0, 0.05) is 38.8 Å². The van der Waals surface area contributed by atoms with E-state index in [4.69, 9.17) is 29.9 Å². The van der Waals surface area contributed by atoms with Crippen LogP contribution >= 0.6 is 0 Å². The van der Waals surface area contributed by atoms with Crippen molar-refractivity contribution in [3.63, 3.8) is 0 Å². The van der Waals surface area contributed by atoms with Crippen LogP contribution in [0, 0.1) is 0 Å². The number of aryl methyl sites for hydroxylation is 2. The predicted octanol–water partition coefficient (Wildman–Crippen LogP) is 6.22. The molecule has 0 fully saturated rings. The fourth-order valence-corrected chi connectivity index (χ4v) is 10.4. The van der Waals surface area contributed by atoms with Gasteiger partial charge >= 0.3 is 23.9 Å². The number of rotatable bonds is 32. The Bertz CT molecular complexity index is 5470. The topological polar surface area (TPSA) is 558 Å². The fraction of sp³-hybridized carbons (Fsp3) is 0.176. The number of nitrogens with zero attached hydrogens (tertiary/aromatic N) is 24. The lowest BCUT2D eigenvalue weighted by atomic mass is 10.0. The molecule has 564 valence electrons. The number of carboxylic acid groups (broad SMARTS) is 4. The summed E-state index contributed by atoms with van der Waals surface area (Å²) < 4.78 is 34.7. The number of tetrazole rings is 4. The second kappa shape index (κ2) is 37.3. The summed E-state index contributed by atoms with van der Waals surface area (Å²) >= 11 is 0. The first-order valence-corrected chi connectivity index (χ1v) is 33.2. The van der Waals surface area contributed by atoms with Crippen LogP contribution in [-0.4, -0.2) is 180 Å². The maximum absolute atomic E-state index is 11.0. The Balaban J connectivity index is 0.000000138. The highest BCUT2D eigenvalue weighted by Gasteiger charge is 2.22. The van der Waals surface area contributed by atoms with E-state index in [9.17, 15) is 19.2 Å². The zero-order valence-electron chi connectivity index (χ0n) is 58.1. The largest absolute Gasteiger partial charge is 0.497 e. The van der Waals surface area contributed by atoms with Gasteiger partial charge in [0.2, 0.25) is 46.0 Å². The van der Waals surface area contributed by atoms with E-state index in [-0.39, 0.29) is 72.7 Å². The summed E-state index contributed by atoms with van der Waals surface area (Å²) in [5.41, 5.74) is 5.46. The molecular formula is C68H63N29O14. The first-order chi connectivity index (χ1) is 54.3.